The molecule has 3 aromatic carbocycles. The van der Waals surface area contributed by atoms with Crippen molar-refractivity contribution in [3.63, 3.8) is 0 Å². The number of halogens is 3. The fourth-order valence-electron chi connectivity index (χ4n) is 11.7. The highest BCUT2D eigenvalue weighted by molar-refractivity contribution is 7.93. The van der Waals surface area contributed by atoms with E-state index in [0.717, 1.165) is 24.5 Å². The van der Waals surface area contributed by atoms with Gasteiger partial charge in [0.25, 0.3) is 17.7 Å². The Hall–Kier alpha value is -13.5. The first kappa shape index (κ1) is 77.1. The molecule has 9 heterocycles. The molecular formula is C75H74F3N21O10S2. The molecule has 1 unspecified atom stereocenters. The van der Waals surface area contributed by atoms with Crippen LogP contribution in [0.3, 0.4) is 0 Å². The lowest BCUT2D eigenvalue weighted by molar-refractivity contribution is 0.0993. The molecule has 572 valence electrons. The minimum atomic E-state index is -4.76. The van der Waals surface area contributed by atoms with E-state index in [1.54, 1.807) is 91.5 Å². The number of aromatic nitrogens is 12. The third-order valence-electron chi connectivity index (χ3n) is 17.2. The number of benzene rings is 3. The van der Waals surface area contributed by atoms with Gasteiger partial charge in [-0.25, -0.2) is 59.3 Å². The summed E-state index contributed by atoms with van der Waals surface area (Å²) >= 11 is 0. The number of anilines is 9. The number of nitrogens with one attached hydrogen (secondary N) is 6. The second-order valence-electron chi connectivity index (χ2n) is 26.8. The van der Waals surface area contributed by atoms with E-state index >= 15 is 4.39 Å². The van der Waals surface area contributed by atoms with Gasteiger partial charge in [0.15, 0.2) is 0 Å². The summed E-state index contributed by atoms with van der Waals surface area (Å²) in [6, 6.07) is 34.2. The van der Waals surface area contributed by atoms with Crippen molar-refractivity contribution in [2.45, 2.75) is 91.0 Å². The van der Waals surface area contributed by atoms with Crippen LogP contribution in [-0.2, 0) is 57.4 Å². The van der Waals surface area contributed by atoms with Crippen LogP contribution in [0.25, 0.3) is 33.8 Å². The molecule has 0 aliphatic carbocycles. The van der Waals surface area contributed by atoms with Gasteiger partial charge >= 0.3 is 0 Å². The summed E-state index contributed by atoms with van der Waals surface area (Å²) in [7, 11) is -8.95. The fraction of sp³-hybridized carbons (Fsp3) is 0.200. The number of hydrogen-bond donors (Lipinski definition) is 10. The Morgan fingerprint density at radius 2 is 1.06 bits per heavy atom. The van der Waals surface area contributed by atoms with E-state index in [2.05, 4.69) is 65.5 Å². The average Bonchev–Trinajstić information content (AvgIpc) is 1.61. The number of primary amides is 3. The number of pyridine rings is 6. The highest BCUT2D eigenvalue weighted by Gasteiger charge is 2.37. The Balaban J connectivity index is 0.909. The molecule has 12 aromatic rings. The first-order chi connectivity index (χ1) is 52.8. The lowest BCUT2D eigenvalue weighted by Crippen LogP contribution is -2.32. The molecule has 36 heteroatoms. The number of nitrogen functional groups attached to an aromatic ring is 1. The van der Waals surface area contributed by atoms with Crippen molar-refractivity contribution in [2.75, 3.05) is 36.9 Å². The maximum absolute atomic E-state index is 16.2. The van der Waals surface area contributed by atoms with Crippen molar-refractivity contribution in [1.29, 1.82) is 0 Å². The van der Waals surface area contributed by atoms with Gasteiger partial charge < -0.3 is 53.1 Å². The largest absolute Gasteiger partial charge is 0.485 e. The maximum Gasteiger partial charge on any atom is 0.254 e. The molecule has 0 aliphatic heterocycles. The number of sulfonamides is 2. The second-order valence-corrected chi connectivity index (χ2v) is 30.8. The summed E-state index contributed by atoms with van der Waals surface area (Å²) in [6.45, 7) is 10.6. The number of amides is 3. The molecule has 12 rings (SSSR count). The Labute approximate surface area is 634 Å². The predicted molar refractivity (Wildman–Crippen MR) is 410 cm³/mol. The van der Waals surface area contributed by atoms with Crippen molar-refractivity contribution in [2.24, 2.45) is 17.2 Å². The Bertz CT molecular complexity index is 5720. The summed E-state index contributed by atoms with van der Waals surface area (Å²) in [5.74, 6) is -4.47. The van der Waals surface area contributed by atoms with Crippen LogP contribution in [-0.4, -0.2) is 100.0 Å². The first-order valence-corrected chi connectivity index (χ1v) is 37.3. The molecule has 14 N–H and O–H groups in total. The summed E-state index contributed by atoms with van der Waals surface area (Å²) in [4.78, 5) is 67.0. The average molecular weight is 1550 g/mol. The van der Waals surface area contributed by atoms with Crippen LogP contribution in [0.5, 0.6) is 17.2 Å². The third kappa shape index (κ3) is 17.6. The topological polar surface area (TPSA) is 453 Å². The van der Waals surface area contributed by atoms with E-state index in [4.69, 9.17) is 47.3 Å². The van der Waals surface area contributed by atoms with E-state index in [1.165, 1.54) is 91.6 Å². The fourth-order valence-corrected chi connectivity index (χ4v) is 13.5. The molecule has 0 saturated heterocycles. The molecule has 111 heavy (non-hydrogen) atoms. The summed E-state index contributed by atoms with van der Waals surface area (Å²) in [6.07, 6.45) is 6.28. The monoisotopic (exact) mass is 1550 g/mol. The predicted octanol–water partition coefficient (Wildman–Crippen LogP) is 11.4. The molecule has 0 aliphatic rings. The number of H-pyrrole nitrogens is 1. The zero-order chi connectivity index (χ0) is 79.3. The highest BCUT2D eigenvalue weighted by Crippen LogP contribution is 2.45. The van der Waals surface area contributed by atoms with Gasteiger partial charge in [0.1, 0.15) is 128 Å². The second kappa shape index (κ2) is 31.7. The number of nitrogens with zero attached hydrogens (tertiary/aromatic N) is 11. The highest BCUT2D eigenvalue weighted by atomic mass is 32.2. The number of ether oxygens (including phenoxy) is 3. The van der Waals surface area contributed by atoms with E-state index in [9.17, 15) is 40.0 Å². The van der Waals surface area contributed by atoms with Gasteiger partial charge in [-0.05, 0) is 170 Å². The van der Waals surface area contributed by atoms with Gasteiger partial charge in [-0.15, -0.1) is 0 Å². The molecule has 0 spiro atoms. The number of rotatable bonds is 31. The maximum atomic E-state index is 16.2. The number of aromatic amines is 1. The minimum absolute atomic E-state index is 0.0144. The lowest BCUT2D eigenvalue weighted by atomic mass is 9.91. The molecule has 31 nitrogen and oxygen atoms in total. The summed E-state index contributed by atoms with van der Waals surface area (Å²) in [5, 5.41) is 24.9. The molecule has 0 radical (unpaired) electrons. The SMILES string of the molecule is CCS(=O)(=O)Nc1c(CC(C)(C)n2nc(-c3ccc(NS(=O)(=O)C(C)c4nc(COc5cc(-c6nn(C(C)(C)C)c(Nc7ccccn7)c6C(N)=O)ccc5N)ccc4F)c(OCc4ccc(F)cn4)c3)c(C(N)=O)c2Nc2ccccn2)cc(-c2n[nH]c(Nc3ccccn3)c2C(N)=O)cc1OCc1ccc(F)cn1. The first-order valence-electron chi connectivity index (χ1n) is 34.1. The van der Waals surface area contributed by atoms with Gasteiger partial charge in [0, 0.05) is 35.3 Å². The standard InChI is InChI=1S/C75H74F3N21O10S2/c1-8-110(103,104)97-64-45(31-44(34-56(64)109-39-49-23-21-47(77)37-87-49)65-60(68(80)100)71(93-92-65)89-57-15-9-12-28-83-57)35-75(6,7)99-73(91-59-17-11-14-30-85-59)62(70(82)102)67(95-99)43-19-27-53(55(33-43)108-38-48-22-20-46(76)36-86-48)96-111(105,106)41(2)63-51(78)25-24-50(88-63)40-107-54-32-42(18-26-52(54)79)66-61(69(81)101)72(98(94-66)74(3,4)5)90-58-16-10-13-29-84-58/h9-34,36-37,41,96-97H,8,35,38-40,79H2,1-7H3,(H2,80,100)(H2,81,101)(H2,82,102)(H,84,90)(H,85,91)(H2,83,89,92,93). The molecular weight excluding hydrogens is 1480 g/mol. The van der Waals surface area contributed by atoms with E-state index in [0.29, 0.717) is 17.2 Å². The zero-order valence-corrected chi connectivity index (χ0v) is 62.2. The van der Waals surface area contributed by atoms with Crippen LogP contribution < -0.4 is 62.5 Å². The normalized spacial score (nSPS) is 12.1. The van der Waals surface area contributed by atoms with Crippen LogP contribution in [0.15, 0.2) is 171 Å². The van der Waals surface area contributed by atoms with Crippen molar-refractivity contribution >= 4 is 89.7 Å². The zero-order valence-electron chi connectivity index (χ0n) is 60.5. The van der Waals surface area contributed by atoms with E-state index in [1.807, 2.05) is 20.8 Å². The minimum Gasteiger partial charge on any atom is -0.485 e. The van der Waals surface area contributed by atoms with Crippen LogP contribution >= 0.6 is 0 Å². The molecule has 0 bridgehead atoms. The Morgan fingerprint density at radius 1 is 0.559 bits per heavy atom. The third-order valence-corrected chi connectivity index (χ3v) is 20.2. The van der Waals surface area contributed by atoms with E-state index < -0.39 is 89.6 Å². The number of carbonyl (C=O) groups excluding carboxylic acids is 3. The van der Waals surface area contributed by atoms with Gasteiger partial charge in [-0.1, -0.05) is 30.3 Å². The van der Waals surface area contributed by atoms with Crippen LogP contribution in [0.2, 0.25) is 0 Å². The van der Waals surface area contributed by atoms with Crippen molar-refractivity contribution in [3.8, 4) is 51.0 Å². The Kier molecular flexibility index (Phi) is 22.1. The van der Waals surface area contributed by atoms with E-state index in [-0.39, 0.29) is 145 Å². The van der Waals surface area contributed by atoms with Crippen molar-refractivity contribution in [3.05, 3.63) is 233 Å². The Morgan fingerprint density at radius 3 is 1.59 bits per heavy atom. The van der Waals surface area contributed by atoms with Gasteiger partial charge in [-0.2, -0.15) is 15.3 Å². The molecule has 3 amide bonds. The summed E-state index contributed by atoms with van der Waals surface area (Å²) < 4.78 is 129. The van der Waals surface area contributed by atoms with Crippen molar-refractivity contribution < 1.29 is 58.6 Å². The van der Waals surface area contributed by atoms with Crippen LogP contribution in [0.4, 0.5) is 65.1 Å². The molecule has 0 saturated carbocycles. The van der Waals surface area contributed by atoms with Crippen LogP contribution in [0.1, 0.15) is 113 Å². The van der Waals surface area contributed by atoms with Gasteiger partial charge in [0.2, 0.25) is 20.0 Å². The molecule has 1 atom stereocenters. The van der Waals surface area contributed by atoms with Crippen molar-refractivity contribution in [1.82, 2.24) is 59.7 Å². The van der Waals surface area contributed by atoms with Crippen LogP contribution in [0, 0.1) is 17.5 Å². The number of carbonyl (C=O) groups is 3. The molecule has 0 fully saturated rings. The lowest BCUT2D eigenvalue weighted by Gasteiger charge is -2.30. The van der Waals surface area contributed by atoms with Gasteiger partial charge in [-0.3, -0.25) is 38.9 Å². The quantitative estimate of drug-likeness (QED) is 0.0180. The van der Waals surface area contributed by atoms with Gasteiger partial charge in [0.05, 0.1) is 69.1 Å². The smallest absolute Gasteiger partial charge is 0.254 e. The number of hydrogen-bond acceptors (Lipinski definition) is 23. The summed E-state index contributed by atoms with van der Waals surface area (Å²) in [5.41, 5.74) is 23.2. The number of nitrogens with two attached hydrogens (primary N) is 4. The molecule has 9 aromatic heterocycles.